The molecule has 1 aromatic heterocycles. The molecule has 0 saturated carbocycles. The summed E-state index contributed by atoms with van der Waals surface area (Å²) in [6.45, 7) is 1.90. The molecule has 0 aliphatic rings. The Bertz CT molecular complexity index is 619. The van der Waals surface area contributed by atoms with Gasteiger partial charge in [0, 0.05) is 12.3 Å². The number of benzene rings is 1. The Morgan fingerprint density at radius 1 is 1.25 bits per heavy atom. The monoisotopic (exact) mass is 268 g/mol. The zero-order valence-electron chi connectivity index (χ0n) is 11.5. The smallest absolute Gasteiger partial charge is 0.249 e. The van der Waals surface area contributed by atoms with Crippen LogP contribution >= 0.6 is 0 Å². The van der Waals surface area contributed by atoms with Gasteiger partial charge in [0.05, 0.1) is 7.11 Å². The van der Waals surface area contributed by atoms with E-state index in [1.165, 1.54) is 6.08 Å². The van der Waals surface area contributed by atoms with Gasteiger partial charge >= 0.3 is 0 Å². The number of carbonyl (C=O) groups is 1. The third kappa shape index (κ3) is 3.68. The number of pyridine rings is 1. The minimum absolute atomic E-state index is 0.206. The van der Waals surface area contributed by atoms with E-state index in [0.29, 0.717) is 5.82 Å². The molecule has 1 amide bonds. The van der Waals surface area contributed by atoms with Gasteiger partial charge in [0.1, 0.15) is 11.6 Å². The second kappa shape index (κ2) is 6.52. The van der Waals surface area contributed by atoms with Crippen molar-refractivity contribution in [3.8, 4) is 5.75 Å². The first-order chi connectivity index (χ1) is 9.69. The third-order valence-electron chi connectivity index (χ3n) is 2.79. The Kier molecular flexibility index (Phi) is 4.50. The maximum absolute atomic E-state index is 11.8. The fraction of sp³-hybridized carbons (Fsp3) is 0.125. The van der Waals surface area contributed by atoms with E-state index in [0.717, 1.165) is 16.9 Å². The van der Waals surface area contributed by atoms with Crippen LogP contribution in [0.25, 0.3) is 6.08 Å². The van der Waals surface area contributed by atoms with Gasteiger partial charge in [-0.1, -0.05) is 18.2 Å². The van der Waals surface area contributed by atoms with E-state index in [2.05, 4.69) is 10.3 Å². The Hall–Kier alpha value is -2.62. The summed E-state index contributed by atoms with van der Waals surface area (Å²) in [6.07, 6.45) is 4.87. The highest BCUT2D eigenvalue weighted by Gasteiger charge is 2.01. The number of aromatic nitrogens is 1. The molecule has 4 heteroatoms. The van der Waals surface area contributed by atoms with Crippen LogP contribution in [0.5, 0.6) is 5.75 Å². The average molecular weight is 268 g/mol. The van der Waals surface area contributed by atoms with Crippen LogP contribution < -0.4 is 10.1 Å². The topological polar surface area (TPSA) is 51.2 Å². The van der Waals surface area contributed by atoms with Gasteiger partial charge in [-0.2, -0.15) is 0 Å². The number of hydrogen-bond donors (Lipinski definition) is 1. The van der Waals surface area contributed by atoms with Crippen molar-refractivity contribution in [2.24, 2.45) is 0 Å². The number of aryl methyl sites for hydroxylation is 1. The van der Waals surface area contributed by atoms with Gasteiger partial charge in [-0.15, -0.1) is 0 Å². The Morgan fingerprint density at radius 2 is 2.00 bits per heavy atom. The van der Waals surface area contributed by atoms with Crippen LogP contribution in [0.4, 0.5) is 5.82 Å². The van der Waals surface area contributed by atoms with Gasteiger partial charge in [-0.25, -0.2) is 4.98 Å². The Balaban J connectivity index is 2.00. The summed E-state index contributed by atoms with van der Waals surface area (Å²) in [5.41, 5.74) is 1.86. The summed E-state index contributed by atoms with van der Waals surface area (Å²) in [6, 6.07) is 11.2. The number of rotatable bonds is 4. The number of nitrogens with zero attached hydrogens (tertiary/aromatic N) is 1. The lowest BCUT2D eigenvalue weighted by Crippen LogP contribution is -2.10. The summed E-state index contributed by atoms with van der Waals surface area (Å²) in [5.74, 6) is 1.16. The van der Waals surface area contributed by atoms with Gasteiger partial charge in [0.25, 0.3) is 0 Å². The fourth-order valence-electron chi connectivity index (χ4n) is 1.66. The van der Waals surface area contributed by atoms with Crippen molar-refractivity contribution >= 4 is 17.8 Å². The standard InChI is InChI=1S/C16H16N2O2/c1-12-4-3-11-17-16(12)18-15(19)10-7-13-5-8-14(20-2)9-6-13/h3-11H,1-2H3,(H,17,18,19). The van der Waals surface area contributed by atoms with E-state index >= 15 is 0 Å². The predicted molar refractivity (Wildman–Crippen MR) is 79.6 cm³/mol. The lowest BCUT2D eigenvalue weighted by atomic mass is 10.2. The van der Waals surface area contributed by atoms with Crippen molar-refractivity contribution < 1.29 is 9.53 Å². The number of methoxy groups -OCH3 is 1. The highest BCUT2D eigenvalue weighted by atomic mass is 16.5. The number of carbonyl (C=O) groups excluding carboxylic acids is 1. The van der Waals surface area contributed by atoms with Gasteiger partial charge in [0.15, 0.2) is 0 Å². The van der Waals surface area contributed by atoms with E-state index in [9.17, 15) is 4.79 Å². The molecule has 1 heterocycles. The lowest BCUT2D eigenvalue weighted by Gasteiger charge is -2.04. The van der Waals surface area contributed by atoms with Crippen LogP contribution in [-0.2, 0) is 4.79 Å². The molecule has 1 aromatic carbocycles. The molecular weight excluding hydrogens is 252 g/mol. The first-order valence-electron chi connectivity index (χ1n) is 6.24. The van der Waals surface area contributed by atoms with E-state index < -0.39 is 0 Å². The highest BCUT2D eigenvalue weighted by molar-refractivity contribution is 6.01. The largest absolute Gasteiger partial charge is 0.497 e. The molecule has 0 fully saturated rings. The number of amides is 1. The molecule has 0 atom stereocenters. The molecule has 0 unspecified atom stereocenters. The van der Waals surface area contributed by atoms with E-state index in [-0.39, 0.29) is 5.91 Å². The van der Waals surface area contributed by atoms with Crippen molar-refractivity contribution in [2.75, 3.05) is 12.4 Å². The Labute approximate surface area is 118 Å². The number of ether oxygens (including phenoxy) is 1. The molecule has 0 bridgehead atoms. The van der Waals surface area contributed by atoms with Crippen LogP contribution in [0.3, 0.4) is 0 Å². The number of hydrogen-bond acceptors (Lipinski definition) is 3. The normalized spacial score (nSPS) is 10.5. The van der Waals surface area contributed by atoms with Crippen molar-refractivity contribution in [2.45, 2.75) is 6.92 Å². The second-order valence-corrected chi connectivity index (χ2v) is 4.26. The van der Waals surface area contributed by atoms with Crippen molar-refractivity contribution in [3.05, 3.63) is 59.8 Å². The minimum atomic E-state index is -0.206. The fourth-order valence-corrected chi connectivity index (χ4v) is 1.66. The first-order valence-corrected chi connectivity index (χ1v) is 6.24. The SMILES string of the molecule is COc1ccc(C=CC(=O)Nc2ncccc2C)cc1. The lowest BCUT2D eigenvalue weighted by molar-refractivity contribution is -0.111. The van der Waals surface area contributed by atoms with E-state index in [4.69, 9.17) is 4.74 Å². The van der Waals surface area contributed by atoms with E-state index in [1.54, 1.807) is 19.4 Å². The quantitative estimate of drug-likeness (QED) is 0.867. The Morgan fingerprint density at radius 3 is 2.65 bits per heavy atom. The van der Waals surface area contributed by atoms with Gasteiger partial charge in [0.2, 0.25) is 5.91 Å². The van der Waals surface area contributed by atoms with Crippen molar-refractivity contribution in [1.29, 1.82) is 0 Å². The molecule has 0 saturated heterocycles. The molecule has 1 N–H and O–H groups in total. The molecule has 0 aliphatic heterocycles. The molecule has 0 spiro atoms. The average Bonchev–Trinajstić information content (AvgIpc) is 2.48. The van der Waals surface area contributed by atoms with Crippen molar-refractivity contribution in [3.63, 3.8) is 0 Å². The van der Waals surface area contributed by atoms with Gasteiger partial charge in [-0.3, -0.25) is 4.79 Å². The maximum atomic E-state index is 11.8. The molecule has 20 heavy (non-hydrogen) atoms. The third-order valence-corrected chi connectivity index (χ3v) is 2.79. The molecule has 102 valence electrons. The van der Waals surface area contributed by atoms with Gasteiger partial charge in [-0.05, 0) is 42.3 Å². The molecule has 0 aliphatic carbocycles. The summed E-state index contributed by atoms with van der Waals surface area (Å²) >= 11 is 0. The minimum Gasteiger partial charge on any atom is -0.497 e. The molecule has 0 radical (unpaired) electrons. The second-order valence-electron chi connectivity index (χ2n) is 4.26. The number of nitrogens with one attached hydrogen (secondary N) is 1. The van der Waals surface area contributed by atoms with Crippen LogP contribution in [0.1, 0.15) is 11.1 Å². The maximum Gasteiger partial charge on any atom is 0.249 e. The summed E-state index contributed by atoms with van der Waals surface area (Å²) in [7, 11) is 1.62. The zero-order chi connectivity index (χ0) is 14.4. The molecule has 2 aromatic rings. The van der Waals surface area contributed by atoms with Gasteiger partial charge < -0.3 is 10.1 Å². The zero-order valence-corrected chi connectivity index (χ0v) is 11.5. The van der Waals surface area contributed by atoms with Crippen molar-refractivity contribution in [1.82, 2.24) is 4.98 Å². The molecule has 4 nitrogen and oxygen atoms in total. The summed E-state index contributed by atoms with van der Waals surface area (Å²) in [5, 5.41) is 2.74. The van der Waals surface area contributed by atoms with E-state index in [1.807, 2.05) is 43.3 Å². The highest BCUT2D eigenvalue weighted by Crippen LogP contribution is 2.13. The molecular formula is C16H16N2O2. The summed E-state index contributed by atoms with van der Waals surface area (Å²) in [4.78, 5) is 15.9. The molecule has 2 rings (SSSR count). The summed E-state index contributed by atoms with van der Waals surface area (Å²) < 4.78 is 5.08. The van der Waals surface area contributed by atoms with Crippen LogP contribution in [-0.4, -0.2) is 18.0 Å². The van der Waals surface area contributed by atoms with Crippen LogP contribution in [0, 0.1) is 6.92 Å². The van der Waals surface area contributed by atoms with Crippen LogP contribution in [0.15, 0.2) is 48.7 Å². The van der Waals surface area contributed by atoms with Crippen LogP contribution in [0.2, 0.25) is 0 Å². The first kappa shape index (κ1) is 13.8. The number of anilines is 1. The predicted octanol–water partition coefficient (Wildman–Crippen LogP) is 3.05.